The molecule has 20 nitrogen and oxygen atoms in total. The zero-order valence-corrected chi connectivity index (χ0v) is 25.0. The number of aliphatic hydroxyl groups excluding tert-OH is 7. The van der Waals surface area contributed by atoms with Crippen molar-refractivity contribution in [2.24, 2.45) is 17.2 Å². The van der Waals surface area contributed by atoms with Crippen LogP contribution in [0.4, 0.5) is 0 Å². The summed E-state index contributed by atoms with van der Waals surface area (Å²) in [6, 6.07) is -3.13. The van der Waals surface area contributed by atoms with E-state index in [9.17, 15) is 50.4 Å². The van der Waals surface area contributed by atoms with Gasteiger partial charge < -0.3 is 93.0 Å². The van der Waals surface area contributed by atoms with Crippen molar-refractivity contribution in [1.29, 1.82) is 0 Å². The van der Waals surface area contributed by atoms with E-state index in [4.69, 9.17) is 36.1 Å². The molecule has 0 radical (unpaired) electrons. The topological polar surface area (TPSA) is 347 Å². The number of nitrogens with one attached hydrogen (secondary N) is 3. The Morgan fingerprint density at radius 2 is 1.51 bits per heavy atom. The molecular formula is C25H48N6O14. The third-order valence-electron chi connectivity index (χ3n) is 8.27. The van der Waals surface area contributed by atoms with Crippen LogP contribution >= 0.6 is 0 Å². The normalized spacial score (nSPS) is 43.7. The Labute approximate surface area is 258 Å². The van der Waals surface area contributed by atoms with Gasteiger partial charge in [-0.3, -0.25) is 9.59 Å². The molecule has 1 aliphatic carbocycles. The summed E-state index contributed by atoms with van der Waals surface area (Å²) < 4.78 is 22.9. The summed E-state index contributed by atoms with van der Waals surface area (Å²) in [5, 5.41) is 91.5. The fourth-order valence-electron chi connectivity index (χ4n) is 5.62. The lowest BCUT2D eigenvalue weighted by atomic mass is 9.83. The molecule has 0 bridgehead atoms. The number of carbonyl (C=O) groups is 2. The Hall–Kier alpha value is -1.70. The Morgan fingerprint density at radius 1 is 0.911 bits per heavy atom. The fraction of sp³-hybridized carbons (Fsp3) is 0.920. The second-order valence-electron chi connectivity index (χ2n) is 11.8. The minimum absolute atomic E-state index is 0.157. The van der Waals surface area contributed by atoms with E-state index in [2.05, 4.69) is 16.0 Å². The molecule has 0 aromatic carbocycles. The maximum atomic E-state index is 12.5. The number of hydrogen-bond donors (Lipinski definition) is 14. The summed E-state index contributed by atoms with van der Waals surface area (Å²) in [7, 11) is 1.50. The number of likely N-dealkylation sites (N-methyl/N-ethyl adjacent to an activating group) is 1. The minimum Gasteiger partial charge on any atom is -0.388 e. The highest BCUT2D eigenvalue weighted by Crippen LogP contribution is 2.32. The van der Waals surface area contributed by atoms with Crippen molar-refractivity contribution in [3.8, 4) is 0 Å². The molecule has 262 valence electrons. The summed E-state index contributed by atoms with van der Waals surface area (Å²) in [6.45, 7) is -0.0719. The highest BCUT2D eigenvalue weighted by atomic mass is 16.7. The Bertz CT molecular complexity index is 985. The second kappa shape index (κ2) is 15.9. The van der Waals surface area contributed by atoms with Crippen molar-refractivity contribution in [3.63, 3.8) is 0 Å². The predicted octanol–water partition coefficient (Wildman–Crippen LogP) is -9.05. The number of ether oxygens (including phenoxy) is 4. The van der Waals surface area contributed by atoms with Gasteiger partial charge in [0.1, 0.15) is 66.6 Å². The molecule has 1 saturated carbocycles. The maximum Gasteiger partial charge on any atom is 0.250 e. The van der Waals surface area contributed by atoms with Crippen LogP contribution in [0.25, 0.3) is 0 Å². The van der Waals surface area contributed by atoms with Crippen molar-refractivity contribution in [1.82, 2.24) is 16.0 Å². The molecule has 16 atom stereocenters. The summed E-state index contributed by atoms with van der Waals surface area (Å²) >= 11 is 0. The van der Waals surface area contributed by atoms with Crippen molar-refractivity contribution in [3.05, 3.63) is 0 Å². The molecule has 17 N–H and O–H groups in total. The zero-order chi connectivity index (χ0) is 33.8. The van der Waals surface area contributed by atoms with Crippen LogP contribution in [-0.4, -0.2) is 183 Å². The lowest BCUT2D eigenvalue weighted by Crippen LogP contribution is -2.70. The van der Waals surface area contributed by atoms with Crippen LogP contribution in [0, 0.1) is 0 Å². The summed E-state index contributed by atoms with van der Waals surface area (Å²) in [4.78, 5) is 24.5. The molecule has 45 heavy (non-hydrogen) atoms. The fourth-order valence-corrected chi connectivity index (χ4v) is 5.62. The van der Waals surface area contributed by atoms with Gasteiger partial charge >= 0.3 is 0 Å². The third-order valence-corrected chi connectivity index (χ3v) is 8.27. The standard InChI is InChI=1S/C25H48N6O14/c1-25(41)7-42-23(17(38)20(25)29-2)45-19-9(31-22(40)11(33)5-27)3-8(28)18(16(19)37)44-24-15(36)14(35)13(34)12(43-24)6-30-21(39)10(32)4-26/h8-20,23-24,29,32-38,41H,3-7,26-28H2,1-2H3,(H,30,39)(H,31,40)/t8-,9+,10-,11-,12+,13+,14-,15+,16-,17+,18+,19-,20+,23+,24+,25-/m0/s1. The van der Waals surface area contributed by atoms with Crippen LogP contribution in [0.1, 0.15) is 13.3 Å². The van der Waals surface area contributed by atoms with Gasteiger partial charge in [-0.1, -0.05) is 0 Å². The maximum absolute atomic E-state index is 12.5. The van der Waals surface area contributed by atoms with Crippen molar-refractivity contribution >= 4 is 11.8 Å². The highest BCUT2D eigenvalue weighted by molar-refractivity contribution is 5.81. The van der Waals surface area contributed by atoms with Gasteiger partial charge in [-0.25, -0.2) is 0 Å². The van der Waals surface area contributed by atoms with Crippen LogP contribution in [0.5, 0.6) is 0 Å². The molecule has 2 amide bonds. The van der Waals surface area contributed by atoms with E-state index in [0.717, 1.165) is 0 Å². The predicted molar refractivity (Wildman–Crippen MR) is 149 cm³/mol. The SMILES string of the molecule is CN[C@@H]1[C@@H](O)[C@@H](O[C@@H]2[C@@H](O)[C@H](O[C@H]3O[C@H](CNC(=O)[C@@H](O)CN)[C@@H](O)[C@H](O)[C@H]3O)[C@@H](N)C[C@H]2NC(=O)[C@@H](O)CN)OC[C@]1(C)O. The molecule has 3 aliphatic rings. The van der Waals surface area contributed by atoms with Crippen LogP contribution in [0.15, 0.2) is 0 Å². The molecule has 2 heterocycles. The third kappa shape index (κ3) is 8.61. The lowest BCUT2D eigenvalue weighted by Gasteiger charge is -2.49. The van der Waals surface area contributed by atoms with E-state index < -0.39 is 122 Å². The first-order chi connectivity index (χ1) is 21.1. The number of hydrogen-bond acceptors (Lipinski definition) is 18. The number of rotatable bonds is 12. The Balaban J connectivity index is 1.82. The first-order valence-corrected chi connectivity index (χ1v) is 14.6. The number of nitrogens with two attached hydrogens (primary N) is 3. The Morgan fingerprint density at radius 3 is 2.11 bits per heavy atom. The van der Waals surface area contributed by atoms with Gasteiger partial charge in [0.2, 0.25) is 11.8 Å². The molecule has 3 fully saturated rings. The lowest BCUT2D eigenvalue weighted by molar-refractivity contribution is -0.330. The molecule has 0 unspecified atom stereocenters. The van der Waals surface area contributed by atoms with Gasteiger partial charge in [-0.2, -0.15) is 0 Å². The molecular weight excluding hydrogens is 608 g/mol. The van der Waals surface area contributed by atoms with Crippen molar-refractivity contribution < 1.29 is 69.4 Å². The van der Waals surface area contributed by atoms with Gasteiger partial charge in [-0.15, -0.1) is 0 Å². The van der Waals surface area contributed by atoms with Gasteiger partial charge in [0.05, 0.1) is 18.7 Å². The van der Waals surface area contributed by atoms with E-state index in [1.54, 1.807) is 0 Å². The first kappa shape index (κ1) is 37.8. The van der Waals surface area contributed by atoms with Gasteiger partial charge in [-0.05, 0) is 20.4 Å². The smallest absolute Gasteiger partial charge is 0.250 e. The molecule has 20 heteroatoms. The largest absolute Gasteiger partial charge is 0.388 e. The average molecular weight is 657 g/mol. The summed E-state index contributed by atoms with van der Waals surface area (Å²) in [5.41, 5.74) is 15.4. The van der Waals surface area contributed by atoms with Crippen molar-refractivity contribution in [2.45, 2.75) is 111 Å². The molecule has 3 rings (SSSR count). The zero-order valence-electron chi connectivity index (χ0n) is 25.0. The van der Waals surface area contributed by atoms with E-state index in [0.29, 0.717) is 0 Å². The number of amides is 2. The number of carbonyl (C=O) groups excluding carboxylic acids is 2. The molecule has 0 aromatic heterocycles. The van der Waals surface area contributed by atoms with E-state index in [1.165, 1.54) is 14.0 Å². The molecule has 0 aromatic rings. The van der Waals surface area contributed by atoms with E-state index in [-0.39, 0.29) is 19.6 Å². The van der Waals surface area contributed by atoms with Crippen LogP contribution < -0.4 is 33.2 Å². The quantitative estimate of drug-likeness (QED) is 0.0926. The average Bonchev–Trinajstić information content (AvgIpc) is 3.00. The summed E-state index contributed by atoms with van der Waals surface area (Å²) in [6.07, 6.45) is -19.3. The first-order valence-electron chi connectivity index (χ1n) is 14.6. The highest BCUT2D eigenvalue weighted by Gasteiger charge is 2.53. The summed E-state index contributed by atoms with van der Waals surface area (Å²) in [5.74, 6) is -1.78. The van der Waals surface area contributed by atoms with Gasteiger partial charge in [0.25, 0.3) is 0 Å². The van der Waals surface area contributed by atoms with Crippen LogP contribution in [-0.2, 0) is 28.5 Å². The van der Waals surface area contributed by atoms with Gasteiger partial charge in [0.15, 0.2) is 12.6 Å². The monoisotopic (exact) mass is 656 g/mol. The molecule has 2 saturated heterocycles. The molecule has 0 spiro atoms. The van der Waals surface area contributed by atoms with Crippen LogP contribution in [0.2, 0.25) is 0 Å². The molecule has 2 aliphatic heterocycles. The number of aliphatic hydroxyl groups is 8. The van der Waals surface area contributed by atoms with Crippen molar-refractivity contribution in [2.75, 3.05) is 33.3 Å². The van der Waals surface area contributed by atoms with E-state index >= 15 is 0 Å². The minimum atomic E-state index is -1.86. The van der Waals surface area contributed by atoms with E-state index in [1.807, 2.05) is 0 Å². The van der Waals surface area contributed by atoms with Crippen LogP contribution in [0.3, 0.4) is 0 Å². The van der Waals surface area contributed by atoms with Gasteiger partial charge in [0, 0.05) is 25.7 Å². The second-order valence-corrected chi connectivity index (χ2v) is 11.8. The Kier molecular flexibility index (Phi) is 13.4.